The fraction of sp³-hybridized carbons (Fsp3) is 0.250. The summed E-state index contributed by atoms with van der Waals surface area (Å²) in [7, 11) is 0. The summed E-state index contributed by atoms with van der Waals surface area (Å²) in [5.41, 5.74) is 1.14. The zero-order valence-corrected chi connectivity index (χ0v) is 18.4. The van der Waals surface area contributed by atoms with Crippen LogP contribution < -0.4 is 15.4 Å². The lowest BCUT2D eigenvalue weighted by Gasteiger charge is -2.15. The highest BCUT2D eigenvalue weighted by molar-refractivity contribution is 6.37. The Balaban J connectivity index is 2.15. The van der Waals surface area contributed by atoms with Crippen LogP contribution in [0.15, 0.2) is 30.3 Å². The van der Waals surface area contributed by atoms with E-state index in [9.17, 15) is 14.4 Å². The first-order valence-corrected chi connectivity index (χ1v) is 9.93. The molecule has 0 aliphatic heterocycles. The number of hydrogen-bond acceptors (Lipinski definition) is 4. The Bertz CT molecular complexity index is 956. The molecule has 0 aliphatic carbocycles. The van der Waals surface area contributed by atoms with Gasteiger partial charge in [-0.25, -0.2) is 0 Å². The Hall–Kier alpha value is -2.48. The van der Waals surface area contributed by atoms with Crippen molar-refractivity contribution in [1.29, 1.82) is 0 Å². The van der Waals surface area contributed by atoms with E-state index >= 15 is 0 Å². The standard InChI is InChI=1S/C20H19Cl3N2O5/c1-10(2)19(28)25-15-5-3-4-11(17(15)23)9-30-18-13(21)6-12(7-14(18)22)20(29)24-8-16(26)27/h3-7,10H,8-9H2,1-2H3,(H,24,29)(H,25,28)(H,26,27). The molecule has 30 heavy (non-hydrogen) atoms. The van der Waals surface area contributed by atoms with Crippen molar-refractivity contribution in [1.82, 2.24) is 5.32 Å². The van der Waals surface area contributed by atoms with E-state index in [-0.39, 0.29) is 39.8 Å². The SMILES string of the molecule is CC(C)C(=O)Nc1cccc(COc2c(Cl)cc(C(=O)NCC(=O)O)cc2Cl)c1Cl. The van der Waals surface area contributed by atoms with Crippen LogP contribution >= 0.6 is 34.8 Å². The Morgan fingerprint density at radius 1 is 1.10 bits per heavy atom. The van der Waals surface area contributed by atoms with Gasteiger partial charge in [-0.2, -0.15) is 0 Å². The molecule has 160 valence electrons. The van der Waals surface area contributed by atoms with Gasteiger partial charge in [-0.1, -0.05) is 60.8 Å². The van der Waals surface area contributed by atoms with Crippen LogP contribution in [0.3, 0.4) is 0 Å². The van der Waals surface area contributed by atoms with E-state index < -0.39 is 18.4 Å². The Morgan fingerprint density at radius 2 is 1.73 bits per heavy atom. The summed E-state index contributed by atoms with van der Waals surface area (Å²) in [5, 5.41) is 14.1. The zero-order chi connectivity index (χ0) is 22.4. The molecule has 0 spiro atoms. The third kappa shape index (κ3) is 6.26. The van der Waals surface area contributed by atoms with Gasteiger partial charge >= 0.3 is 5.97 Å². The van der Waals surface area contributed by atoms with E-state index in [1.54, 1.807) is 32.0 Å². The van der Waals surface area contributed by atoms with E-state index in [1.807, 2.05) is 0 Å². The van der Waals surface area contributed by atoms with Crippen molar-refractivity contribution in [3.05, 3.63) is 56.5 Å². The number of amides is 2. The molecular weight excluding hydrogens is 455 g/mol. The second-order valence-corrected chi connectivity index (χ2v) is 7.75. The molecule has 2 aromatic carbocycles. The number of carboxylic acids is 1. The highest BCUT2D eigenvalue weighted by atomic mass is 35.5. The number of carboxylic acid groups (broad SMARTS) is 1. The van der Waals surface area contributed by atoms with Crippen molar-refractivity contribution in [2.45, 2.75) is 20.5 Å². The van der Waals surface area contributed by atoms with Crippen molar-refractivity contribution >= 4 is 58.3 Å². The molecule has 10 heteroatoms. The molecular formula is C20H19Cl3N2O5. The number of benzene rings is 2. The van der Waals surface area contributed by atoms with E-state index in [2.05, 4.69) is 10.6 Å². The quantitative estimate of drug-likeness (QED) is 0.518. The fourth-order valence-corrected chi connectivity index (χ4v) is 3.13. The summed E-state index contributed by atoms with van der Waals surface area (Å²) >= 11 is 18.7. The summed E-state index contributed by atoms with van der Waals surface area (Å²) < 4.78 is 5.69. The summed E-state index contributed by atoms with van der Waals surface area (Å²) in [6.45, 7) is 3.01. The molecule has 0 unspecified atom stereocenters. The van der Waals surface area contributed by atoms with Gasteiger partial charge in [-0.3, -0.25) is 14.4 Å². The number of aliphatic carboxylic acids is 1. The van der Waals surface area contributed by atoms with Crippen LogP contribution in [0, 0.1) is 5.92 Å². The highest BCUT2D eigenvalue weighted by Crippen LogP contribution is 2.36. The minimum absolute atomic E-state index is 0.00815. The molecule has 0 saturated carbocycles. The van der Waals surface area contributed by atoms with Crippen molar-refractivity contribution in [3.8, 4) is 5.75 Å². The molecule has 2 aromatic rings. The second kappa shape index (κ2) is 10.5. The lowest BCUT2D eigenvalue weighted by Crippen LogP contribution is -2.29. The highest BCUT2D eigenvalue weighted by Gasteiger charge is 2.17. The first kappa shape index (κ1) is 23.8. The maximum absolute atomic E-state index is 12.0. The molecule has 0 aliphatic rings. The number of carbonyl (C=O) groups is 3. The minimum atomic E-state index is -1.18. The van der Waals surface area contributed by atoms with E-state index in [0.29, 0.717) is 16.3 Å². The molecule has 2 amide bonds. The summed E-state index contributed by atoms with van der Waals surface area (Å²) in [6.07, 6.45) is 0. The Kier molecular flexibility index (Phi) is 8.34. The molecule has 2 rings (SSSR count). The molecule has 0 fully saturated rings. The minimum Gasteiger partial charge on any atom is -0.486 e. The third-order valence-corrected chi connectivity index (χ3v) is 4.90. The second-order valence-electron chi connectivity index (χ2n) is 6.56. The molecule has 3 N–H and O–H groups in total. The predicted octanol–water partition coefficient (Wildman–Crippen LogP) is 4.63. The van der Waals surface area contributed by atoms with Crippen LogP contribution in [0.4, 0.5) is 5.69 Å². The average Bonchev–Trinajstić information content (AvgIpc) is 2.67. The van der Waals surface area contributed by atoms with Gasteiger partial charge in [0.2, 0.25) is 5.91 Å². The molecule has 0 heterocycles. The Labute approximate surface area is 188 Å². The van der Waals surface area contributed by atoms with Crippen LogP contribution in [0.5, 0.6) is 5.75 Å². The van der Waals surface area contributed by atoms with Crippen LogP contribution in [-0.4, -0.2) is 29.4 Å². The monoisotopic (exact) mass is 472 g/mol. The lowest BCUT2D eigenvalue weighted by molar-refractivity contribution is -0.135. The van der Waals surface area contributed by atoms with E-state index in [1.165, 1.54) is 12.1 Å². The van der Waals surface area contributed by atoms with Crippen molar-refractivity contribution in [2.75, 3.05) is 11.9 Å². The number of carbonyl (C=O) groups excluding carboxylic acids is 2. The molecule has 0 bridgehead atoms. The van der Waals surface area contributed by atoms with Crippen molar-refractivity contribution in [3.63, 3.8) is 0 Å². The van der Waals surface area contributed by atoms with Crippen LogP contribution in [-0.2, 0) is 16.2 Å². The third-order valence-electron chi connectivity index (χ3n) is 3.89. The number of nitrogens with one attached hydrogen (secondary N) is 2. The van der Waals surface area contributed by atoms with Crippen molar-refractivity contribution < 1.29 is 24.2 Å². The van der Waals surface area contributed by atoms with Gasteiger partial charge in [0.05, 0.1) is 20.8 Å². The van der Waals surface area contributed by atoms with Crippen molar-refractivity contribution in [2.24, 2.45) is 5.92 Å². The number of halogens is 3. The first-order chi connectivity index (χ1) is 14.1. The van der Waals surface area contributed by atoms with Gasteiger partial charge < -0.3 is 20.5 Å². The van der Waals surface area contributed by atoms with Gasteiger partial charge in [0.1, 0.15) is 13.2 Å². The number of anilines is 1. The van der Waals surface area contributed by atoms with Gasteiger partial charge in [-0.05, 0) is 18.2 Å². The maximum atomic E-state index is 12.0. The largest absolute Gasteiger partial charge is 0.486 e. The number of hydrogen-bond donors (Lipinski definition) is 3. The smallest absolute Gasteiger partial charge is 0.322 e. The topological polar surface area (TPSA) is 105 Å². The number of rotatable bonds is 8. The summed E-state index contributed by atoms with van der Waals surface area (Å²) in [5.74, 6) is -2.04. The maximum Gasteiger partial charge on any atom is 0.322 e. The van der Waals surface area contributed by atoms with Gasteiger partial charge in [0.15, 0.2) is 5.75 Å². The fourth-order valence-electron chi connectivity index (χ4n) is 2.30. The summed E-state index contributed by atoms with van der Waals surface area (Å²) in [6, 6.07) is 7.76. The van der Waals surface area contributed by atoms with Gasteiger partial charge in [0, 0.05) is 17.0 Å². The molecule has 0 atom stereocenters. The number of ether oxygens (including phenoxy) is 1. The molecule has 0 saturated heterocycles. The van der Waals surface area contributed by atoms with E-state index in [4.69, 9.17) is 44.6 Å². The Morgan fingerprint density at radius 3 is 2.30 bits per heavy atom. The summed E-state index contributed by atoms with van der Waals surface area (Å²) in [4.78, 5) is 34.5. The van der Waals surface area contributed by atoms with Crippen LogP contribution in [0.1, 0.15) is 29.8 Å². The van der Waals surface area contributed by atoms with Crippen LogP contribution in [0.25, 0.3) is 0 Å². The van der Waals surface area contributed by atoms with Gasteiger partial charge in [-0.15, -0.1) is 0 Å². The molecule has 7 nitrogen and oxygen atoms in total. The first-order valence-electron chi connectivity index (χ1n) is 8.80. The molecule has 0 radical (unpaired) electrons. The zero-order valence-electron chi connectivity index (χ0n) is 16.1. The predicted molar refractivity (Wildman–Crippen MR) is 116 cm³/mol. The normalized spacial score (nSPS) is 10.6. The van der Waals surface area contributed by atoms with Gasteiger partial charge in [0.25, 0.3) is 5.91 Å². The molecule has 0 aromatic heterocycles. The van der Waals surface area contributed by atoms with Crippen LogP contribution in [0.2, 0.25) is 15.1 Å². The lowest BCUT2D eigenvalue weighted by atomic mass is 10.1. The van der Waals surface area contributed by atoms with E-state index in [0.717, 1.165) is 0 Å². The average molecular weight is 474 g/mol.